The van der Waals surface area contributed by atoms with Crippen LogP contribution in [0.1, 0.15) is 24.8 Å². The average molecular weight is 261 g/mol. The molecular formula is C14H19N3O2. The van der Waals surface area contributed by atoms with Crippen LogP contribution in [-0.2, 0) is 16.0 Å². The maximum absolute atomic E-state index is 11.4. The number of nitrogens with one attached hydrogen (secondary N) is 2. The zero-order valence-electron chi connectivity index (χ0n) is 10.9. The molecule has 0 spiro atoms. The Morgan fingerprint density at radius 3 is 3.11 bits per heavy atom. The van der Waals surface area contributed by atoms with E-state index in [1.165, 1.54) is 0 Å². The van der Waals surface area contributed by atoms with Gasteiger partial charge >= 0.3 is 0 Å². The van der Waals surface area contributed by atoms with Crippen molar-refractivity contribution in [2.24, 2.45) is 0 Å². The molecule has 1 atom stereocenters. The van der Waals surface area contributed by atoms with Crippen molar-refractivity contribution in [2.45, 2.75) is 31.8 Å². The Balaban J connectivity index is 1.73. The third-order valence-corrected chi connectivity index (χ3v) is 3.72. The van der Waals surface area contributed by atoms with Crippen molar-refractivity contribution < 1.29 is 9.53 Å². The first kappa shape index (κ1) is 12.3. The van der Waals surface area contributed by atoms with Crippen molar-refractivity contribution in [1.29, 1.82) is 0 Å². The maximum Gasteiger partial charge on any atom is 0.224 e. The van der Waals surface area contributed by atoms with E-state index in [4.69, 9.17) is 10.5 Å². The van der Waals surface area contributed by atoms with Crippen LogP contribution in [0.3, 0.4) is 0 Å². The molecule has 0 bridgehead atoms. The molecule has 4 N–H and O–H groups in total. The van der Waals surface area contributed by atoms with Gasteiger partial charge in [-0.15, -0.1) is 0 Å². The van der Waals surface area contributed by atoms with Crippen LogP contribution in [0.15, 0.2) is 12.1 Å². The Morgan fingerprint density at radius 2 is 2.32 bits per heavy atom. The second-order valence-corrected chi connectivity index (χ2v) is 5.16. The molecule has 1 aromatic rings. The predicted molar refractivity (Wildman–Crippen MR) is 75.3 cm³/mol. The van der Waals surface area contributed by atoms with Crippen molar-refractivity contribution in [3.63, 3.8) is 0 Å². The fraction of sp³-hybridized carbons (Fsp3) is 0.500. The number of amides is 1. The Hall–Kier alpha value is -1.75. The van der Waals surface area contributed by atoms with Gasteiger partial charge in [-0.25, -0.2) is 0 Å². The average Bonchev–Trinajstić information content (AvgIpc) is 2.90. The Morgan fingerprint density at radius 1 is 1.42 bits per heavy atom. The molecule has 1 fully saturated rings. The Bertz CT molecular complexity index is 496. The van der Waals surface area contributed by atoms with E-state index in [0.29, 0.717) is 6.42 Å². The smallest absolute Gasteiger partial charge is 0.224 e. The molecule has 1 aromatic carbocycles. The van der Waals surface area contributed by atoms with Gasteiger partial charge in [-0.3, -0.25) is 4.79 Å². The van der Waals surface area contributed by atoms with E-state index in [0.717, 1.165) is 55.0 Å². The maximum atomic E-state index is 11.4. The van der Waals surface area contributed by atoms with E-state index < -0.39 is 0 Å². The number of benzene rings is 1. The summed E-state index contributed by atoms with van der Waals surface area (Å²) in [4.78, 5) is 11.4. The number of nitrogens with two attached hydrogens (primary N) is 1. The molecule has 0 saturated carbocycles. The van der Waals surface area contributed by atoms with Crippen LogP contribution in [0.4, 0.5) is 17.1 Å². The molecule has 5 nitrogen and oxygen atoms in total. The highest BCUT2D eigenvalue weighted by molar-refractivity contribution is 5.95. The highest BCUT2D eigenvalue weighted by Crippen LogP contribution is 2.31. The van der Waals surface area contributed by atoms with E-state index in [2.05, 4.69) is 10.6 Å². The largest absolute Gasteiger partial charge is 0.397 e. The van der Waals surface area contributed by atoms with Gasteiger partial charge in [0.05, 0.1) is 17.5 Å². The van der Waals surface area contributed by atoms with Crippen molar-refractivity contribution in [3.05, 3.63) is 17.7 Å². The molecule has 0 aliphatic carbocycles. The van der Waals surface area contributed by atoms with Crippen LogP contribution in [-0.4, -0.2) is 25.2 Å². The topological polar surface area (TPSA) is 76.4 Å². The van der Waals surface area contributed by atoms with Gasteiger partial charge in [-0.1, -0.05) is 0 Å². The molecule has 3 rings (SSSR count). The SMILES string of the molecule is Nc1cc2c(cc1NCC1CCCO1)NC(=O)CC2. The van der Waals surface area contributed by atoms with Gasteiger partial charge in [0, 0.05) is 25.3 Å². The normalized spacial score (nSPS) is 21.9. The molecule has 0 aromatic heterocycles. The third-order valence-electron chi connectivity index (χ3n) is 3.72. The summed E-state index contributed by atoms with van der Waals surface area (Å²) in [6.45, 7) is 1.61. The van der Waals surface area contributed by atoms with E-state index in [-0.39, 0.29) is 12.0 Å². The van der Waals surface area contributed by atoms with Gasteiger partial charge in [-0.05, 0) is 37.0 Å². The van der Waals surface area contributed by atoms with Crippen LogP contribution >= 0.6 is 0 Å². The van der Waals surface area contributed by atoms with Crippen molar-refractivity contribution >= 4 is 23.0 Å². The monoisotopic (exact) mass is 261 g/mol. The lowest BCUT2D eigenvalue weighted by Gasteiger charge is -2.20. The minimum Gasteiger partial charge on any atom is -0.397 e. The first-order valence-corrected chi connectivity index (χ1v) is 6.80. The van der Waals surface area contributed by atoms with E-state index in [9.17, 15) is 4.79 Å². The molecule has 5 heteroatoms. The first-order valence-electron chi connectivity index (χ1n) is 6.80. The Labute approximate surface area is 112 Å². The van der Waals surface area contributed by atoms with E-state index in [1.807, 2.05) is 12.1 Å². The molecule has 2 heterocycles. The number of carbonyl (C=O) groups excluding carboxylic acids is 1. The second kappa shape index (κ2) is 5.09. The molecule has 1 amide bonds. The minimum atomic E-state index is 0.0716. The number of hydrogen-bond acceptors (Lipinski definition) is 4. The fourth-order valence-corrected chi connectivity index (χ4v) is 2.63. The molecule has 1 unspecified atom stereocenters. The lowest BCUT2D eigenvalue weighted by Crippen LogP contribution is -2.21. The van der Waals surface area contributed by atoms with E-state index >= 15 is 0 Å². The summed E-state index contributed by atoms with van der Waals surface area (Å²) < 4.78 is 5.57. The zero-order valence-corrected chi connectivity index (χ0v) is 10.9. The summed E-state index contributed by atoms with van der Waals surface area (Å²) >= 11 is 0. The number of carbonyl (C=O) groups is 1. The van der Waals surface area contributed by atoms with Crippen LogP contribution in [0, 0.1) is 0 Å². The number of nitrogen functional groups attached to an aromatic ring is 1. The minimum absolute atomic E-state index is 0.0716. The summed E-state index contributed by atoms with van der Waals surface area (Å²) in [6, 6.07) is 3.88. The summed E-state index contributed by atoms with van der Waals surface area (Å²) in [5.41, 5.74) is 9.64. The molecule has 0 radical (unpaired) electrons. The molecule has 2 aliphatic rings. The molecular weight excluding hydrogens is 242 g/mol. The molecule has 102 valence electrons. The number of anilines is 3. The van der Waals surface area contributed by atoms with Crippen LogP contribution in [0.5, 0.6) is 0 Å². The number of ether oxygens (including phenoxy) is 1. The fourth-order valence-electron chi connectivity index (χ4n) is 2.63. The first-order chi connectivity index (χ1) is 9.22. The van der Waals surface area contributed by atoms with Crippen LogP contribution in [0.25, 0.3) is 0 Å². The Kier molecular flexibility index (Phi) is 3.29. The van der Waals surface area contributed by atoms with Crippen LogP contribution < -0.4 is 16.4 Å². The quantitative estimate of drug-likeness (QED) is 0.724. The van der Waals surface area contributed by atoms with Gasteiger partial charge < -0.3 is 21.1 Å². The second-order valence-electron chi connectivity index (χ2n) is 5.16. The summed E-state index contributed by atoms with van der Waals surface area (Å²) in [5.74, 6) is 0.0716. The lowest BCUT2D eigenvalue weighted by atomic mass is 10.0. The third kappa shape index (κ3) is 2.66. The summed E-state index contributed by atoms with van der Waals surface area (Å²) in [5, 5.41) is 6.21. The van der Waals surface area contributed by atoms with Gasteiger partial charge in [0.15, 0.2) is 0 Å². The lowest BCUT2D eigenvalue weighted by molar-refractivity contribution is -0.116. The predicted octanol–water partition coefficient (Wildman–Crippen LogP) is 1.74. The standard InChI is InChI=1S/C14H19N3O2/c15-11-6-9-3-4-14(18)17-12(9)7-13(11)16-8-10-2-1-5-19-10/h6-7,10,16H,1-5,8,15H2,(H,17,18). The van der Waals surface area contributed by atoms with Crippen molar-refractivity contribution in [1.82, 2.24) is 0 Å². The highest BCUT2D eigenvalue weighted by Gasteiger charge is 2.18. The van der Waals surface area contributed by atoms with Crippen molar-refractivity contribution in [2.75, 3.05) is 29.5 Å². The molecule has 19 heavy (non-hydrogen) atoms. The van der Waals surface area contributed by atoms with Gasteiger partial charge in [0.25, 0.3) is 0 Å². The number of aryl methyl sites for hydroxylation is 1. The summed E-state index contributed by atoms with van der Waals surface area (Å²) in [7, 11) is 0. The zero-order chi connectivity index (χ0) is 13.2. The number of fused-ring (bicyclic) bond motifs is 1. The highest BCUT2D eigenvalue weighted by atomic mass is 16.5. The number of hydrogen-bond donors (Lipinski definition) is 3. The van der Waals surface area contributed by atoms with Gasteiger partial charge in [-0.2, -0.15) is 0 Å². The van der Waals surface area contributed by atoms with Gasteiger partial charge in [0.1, 0.15) is 0 Å². The number of rotatable bonds is 3. The molecule has 2 aliphatic heterocycles. The van der Waals surface area contributed by atoms with Gasteiger partial charge in [0.2, 0.25) is 5.91 Å². The molecule has 1 saturated heterocycles. The summed E-state index contributed by atoms with van der Waals surface area (Å²) in [6.07, 6.45) is 3.79. The van der Waals surface area contributed by atoms with Crippen LogP contribution in [0.2, 0.25) is 0 Å². The van der Waals surface area contributed by atoms with Crippen molar-refractivity contribution in [3.8, 4) is 0 Å². The van der Waals surface area contributed by atoms with E-state index in [1.54, 1.807) is 0 Å².